The molecule has 0 radical (unpaired) electrons. The van der Waals surface area contributed by atoms with E-state index in [9.17, 15) is 9.59 Å². The van der Waals surface area contributed by atoms with Crippen LogP contribution < -0.4 is 0 Å². The molecule has 1 amide bonds. The average molecular weight is 294 g/mol. The molecule has 20 heavy (non-hydrogen) atoms. The van der Waals surface area contributed by atoms with Crippen LogP contribution in [0.1, 0.15) is 36.4 Å². The van der Waals surface area contributed by atoms with Crippen LogP contribution in [0.5, 0.6) is 0 Å². The first-order valence-corrected chi connectivity index (χ1v) is 7.88. The molecule has 1 aliphatic heterocycles. The van der Waals surface area contributed by atoms with Crippen molar-refractivity contribution in [1.82, 2.24) is 9.80 Å². The zero-order chi connectivity index (χ0) is 14.8. The topological polar surface area (TPSA) is 40.6 Å². The minimum Gasteiger partial charge on any atom is -0.343 e. The Labute approximate surface area is 124 Å². The second-order valence-electron chi connectivity index (χ2n) is 5.78. The molecule has 1 fully saturated rings. The fraction of sp³-hybridized carbons (Fsp3) is 0.600. The average Bonchev–Trinajstić information content (AvgIpc) is 2.93. The maximum absolute atomic E-state index is 12.2. The lowest BCUT2D eigenvalue weighted by molar-refractivity contribution is -0.147. The minimum absolute atomic E-state index is 0.160. The lowest BCUT2D eigenvalue weighted by atomic mass is 9.97. The monoisotopic (exact) mass is 294 g/mol. The highest BCUT2D eigenvalue weighted by Crippen LogP contribution is 2.22. The van der Waals surface area contributed by atoms with Gasteiger partial charge in [0.2, 0.25) is 5.91 Å². The van der Waals surface area contributed by atoms with Crippen LogP contribution >= 0.6 is 11.3 Å². The van der Waals surface area contributed by atoms with E-state index in [1.165, 1.54) is 11.3 Å². The number of carbonyl (C=O) groups is 2. The molecule has 5 heteroatoms. The fourth-order valence-corrected chi connectivity index (χ4v) is 3.33. The van der Waals surface area contributed by atoms with E-state index in [0.29, 0.717) is 6.42 Å². The minimum atomic E-state index is -0.459. The van der Waals surface area contributed by atoms with Gasteiger partial charge in [0.05, 0.1) is 10.4 Å². The van der Waals surface area contributed by atoms with Gasteiger partial charge in [-0.15, -0.1) is 11.3 Å². The third-order valence-electron chi connectivity index (χ3n) is 3.99. The summed E-state index contributed by atoms with van der Waals surface area (Å²) >= 11 is 1.49. The van der Waals surface area contributed by atoms with Crippen LogP contribution in [0.15, 0.2) is 17.5 Å². The van der Waals surface area contributed by atoms with Crippen LogP contribution in [0.4, 0.5) is 0 Å². The molecule has 1 aromatic rings. The number of likely N-dealkylation sites (N-methyl/N-ethyl adjacent to an activating group) is 1. The second-order valence-corrected chi connectivity index (χ2v) is 6.72. The number of ketones is 1. The summed E-state index contributed by atoms with van der Waals surface area (Å²) in [5, 5.41) is 1.93. The van der Waals surface area contributed by atoms with Crippen LogP contribution in [0.25, 0.3) is 0 Å². The number of Topliss-reactive ketones (excluding diaryl/α,β-unsaturated/α-hetero) is 1. The third-order valence-corrected chi connectivity index (χ3v) is 4.90. The van der Waals surface area contributed by atoms with Crippen molar-refractivity contribution in [3.05, 3.63) is 22.4 Å². The Morgan fingerprint density at radius 1 is 1.40 bits per heavy atom. The molecule has 2 rings (SSSR count). The van der Waals surface area contributed by atoms with Crippen molar-refractivity contribution in [2.24, 2.45) is 0 Å². The van der Waals surface area contributed by atoms with Gasteiger partial charge >= 0.3 is 0 Å². The van der Waals surface area contributed by atoms with Crippen molar-refractivity contribution >= 4 is 23.0 Å². The number of carbonyl (C=O) groups excluding carboxylic acids is 2. The van der Waals surface area contributed by atoms with Gasteiger partial charge in [-0.1, -0.05) is 6.07 Å². The SMILES string of the molecule is CN1CCN(CCCC(=O)c2cccs2)C(C)(C)C1=O. The molecule has 0 N–H and O–H groups in total. The first kappa shape index (κ1) is 15.2. The Hall–Kier alpha value is -1.20. The number of hydrogen-bond donors (Lipinski definition) is 0. The molecule has 0 aromatic carbocycles. The highest BCUT2D eigenvalue weighted by Gasteiger charge is 2.39. The van der Waals surface area contributed by atoms with Gasteiger partial charge in [0, 0.05) is 26.6 Å². The summed E-state index contributed by atoms with van der Waals surface area (Å²) in [6.45, 7) is 6.37. The number of amides is 1. The van der Waals surface area contributed by atoms with Crippen LogP contribution in [0, 0.1) is 0 Å². The number of piperazine rings is 1. The fourth-order valence-electron chi connectivity index (χ4n) is 2.64. The molecule has 1 aliphatic rings. The highest BCUT2D eigenvalue weighted by atomic mass is 32.1. The van der Waals surface area contributed by atoms with Crippen molar-refractivity contribution < 1.29 is 9.59 Å². The number of hydrogen-bond acceptors (Lipinski definition) is 4. The van der Waals surface area contributed by atoms with Gasteiger partial charge < -0.3 is 4.90 Å². The van der Waals surface area contributed by atoms with Gasteiger partial charge in [0.25, 0.3) is 0 Å². The van der Waals surface area contributed by atoms with E-state index in [-0.39, 0.29) is 11.7 Å². The Balaban J connectivity index is 1.85. The second kappa shape index (κ2) is 6.06. The zero-order valence-electron chi connectivity index (χ0n) is 12.4. The molecule has 0 spiro atoms. The Morgan fingerprint density at radius 2 is 2.15 bits per heavy atom. The smallest absolute Gasteiger partial charge is 0.242 e. The van der Waals surface area contributed by atoms with Gasteiger partial charge in [0.15, 0.2) is 5.78 Å². The summed E-state index contributed by atoms with van der Waals surface area (Å²) in [4.78, 5) is 28.9. The molecule has 110 valence electrons. The molecule has 0 saturated carbocycles. The van der Waals surface area contributed by atoms with Gasteiger partial charge in [-0.25, -0.2) is 0 Å². The van der Waals surface area contributed by atoms with E-state index in [1.807, 2.05) is 38.4 Å². The first-order chi connectivity index (χ1) is 9.43. The molecule has 0 unspecified atom stereocenters. The van der Waals surface area contributed by atoms with E-state index in [2.05, 4.69) is 4.90 Å². The van der Waals surface area contributed by atoms with Crippen molar-refractivity contribution in [2.45, 2.75) is 32.2 Å². The lowest BCUT2D eigenvalue weighted by Gasteiger charge is -2.44. The number of thiophene rings is 1. The first-order valence-electron chi connectivity index (χ1n) is 7.00. The molecular weight excluding hydrogens is 272 g/mol. The van der Waals surface area contributed by atoms with E-state index < -0.39 is 5.54 Å². The molecule has 1 saturated heterocycles. The zero-order valence-corrected chi connectivity index (χ0v) is 13.2. The van der Waals surface area contributed by atoms with Crippen LogP contribution in [0.3, 0.4) is 0 Å². The summed E-state index contributed by atoms with van der Waals surface area (Å²) in [5.41, 5.74) is -0.459. The highest BCUT2D eigenvalue weighted by molar-refractivity contribution is 7.12. The summed E-state index contributed by atoms with van der Waals surface area (Å²) < 4.78 is 0. The van der Waals surface area contributed by atoms with Crippen molar-refractivity contribution in [3.8, 4) is 0 Å². The number of nitrogens with zero attached hydrogens (tertiary/aromatic N) is 2. The van der Waals surface area contributed by atoms with Crippen LogP contribution in [0.2, 0.25) is 0 Å². The molecule has 2 heterocycles. The standard InChI is InChI=1S/C15H22N2O2S/c1-15(2)14(19)16(3)9-10-17(15)8-4-6-12(18)13-7-5-11-20-13/h5,7,11H,4,6,8-10H2,1-3H3. The van der Waals surface area contributed by atoms with Crippen molar-refractivity contribution in [3.63, 3.8) is 0 Å². The Kier molecular flexibility index (Phi) is 4.60. The Morgan fingerprint density at radius 3 is 2.80 bits per heavy atom. The molecule has 0 aliphatic carbocycles. The molecule has 4 nitrogen and oxygen atoms in total. The van der Waals surface area contributed by atoms with E-state index in [1.54, 1.807) is 4.90 Å². The third kappa shape index (κ3) is 3.10. The van der Waals surface area contributed by atoms with Gasteiger partial charge in [-0.05, 0) is 38.3 Å². The summed E-state index contributed by atoms with van der Waals surface area (Å²) in [6, 6.07) is 3.77. The van der Waals surface area contributed by atoms with E-state index in [0.717, 1.165) is 30.9 Å². The van der Waals surface area contributed by atoms with Gasteiger partial charge in [-0.2, -0.15) is 0 Å². The normalized spacial score (nSPS) is 19.4. The number of rotatable bonds is 5. The largest absolute Gasteiger partial charge is 0.343 e. The quantitative estimate of drug-likeness (QED) is 0.782. The summed E-state index contributed by atoms with van der Waals surface area (Å²) in [5.74, 6) is 0.367. The predicted molar refractivity (Wildman–Crippen MR) is 81.2 cm³/mol. The van der Waals surface area contributed by atoms with Crippen molar-refractivity contribution in [1.29, 1.82) is 0 Å². The molecule has 1 aromatic heterocycles. The summed E-state index contributed by atoms with van der Waals surface area (Å²) in [7, 11) is 1.85. The maximum atomic E-state index is 12.2. The van der Waals surface area contributed by atoms with Gasteiger partial charge in [0.1, 0.15) is 0 Å². The van der Waals surface area contributed by atoms with E-state index in [4.69, 9.17) is 0 Å². The lowest BCUT2D eigenvalue weighted by Crippen LogP contribution is -2.62. The molecular formula is C15H22N2O2S. The van der Waals surface area contributed by atoms with Crippen LogP contribution in [-0.4, -0.2) is 53.7 Å². The van der Waals surface area contributed by atoms with Crippen molar-refractivity contribution in [2.75, 3.05) is 26.7 Å². The van der Waals surface area contributed by atoms with Gasteiger partial charge in [-0.3, -0.25) is 14.5 Å². The Bertz CT molecular complexity index is 482. The maximum Gasteiger partial charge on any atom is 0.242 e. The van der Waals surface area contributed by atoms with E-state index >= 15 is 0 Å². The summed E-state index contributed by atoms with van der Waals surface area (Å²) in [6.07, 6.45) is 1.36. The molecule has 0 atom stereocenters. The van der Waals surface area contributed by atoms with Crippen LogP contribution in [-0.2, 0) is 4.79 Å². The predicted octanol–water partition coefficient (Wildman–Crippen LogP) is 2.26. The molecule has 0 bridgehead atoms.